The van der Waals surface area contributed by atoms with Crippen molar-refractivity contribution in [2.75, 3.05) is 5.32 Å². The van der Waals surface area contributed by atoms with Gasteiger partial charge in [0.25, 0.3) is 5.91 Å². The Balaban J connectivity index is 2.03. The standard InChI is InChI=1S/C14H16N2O2S/c1-9(2)19-12-6-4-11(5-7-12)14(17)15-13-8-10(3)16-18-13/h4-9H,1-3H3,(H,15,17). The van der Waals surface area contributed by atoms with Crippen LogP contribution >= 0.6 is 11.8 Å². The zero-order valence-corrected chi connectivity index (χ0v) is 12.0. The summed E-state index contributed by atoms with van der Waals surface area (Å²) in [6, 6.07) is 9.20. The summed E-state index contributed by atoms with van der Waals surface area (Å²) in [4.78, 5) is 13.1. The van der Waals surface area contributed by atoms with Crippen LogP contribution in [0.15, 0.2) is 39.8 Å². The van der Waals surface area contributed by atoms with Crippen LogP contribution < -0.4 is 5.32 Å². The third kappa shape index (κ3) is 3.86. The molecule has 0 aliphatic rings. The molecule has 0 aliphatic carbocycles. The van der Waals surface area contributed by atoms with Gasteiger partial charge in [-0.25, -0.2) is 0 Å². The topological polar surface area (TPSA) is 55.1 Å². The normalized spacial score (nSPS) is 10.7. The zero-order valence-electron chi connectivity index (χ0n) is 11.1. The maximum atomic E-state index is 12.0. The van der Waals surface area contributed by atoms with Crippen LogP contribution in [0.2, 0.25) is 0 Å². The number of anilines is 1. The SMILES string of the molecule is Cc1cc(NC(=O)c2ccc(SC(C)C)cc2)on1. The van der Waals surface area contributed by atoms with Crippen LogP contribution in [0.4, 0.5) is 5.88 Å². The molecule has 2 rings (SSSR count). The second-order valence-electron chi connectivity index (χ2n) is 4.48. The summed E-state index contributed by atoms with van der Waals surface area (Å²) in [5, 5.41) is 6.91. The van der Waals surface area contributed by atoms with Gasteiger partial charge in [-0.1, -0.05) is 19.0 Å². The van der Waals surface area contributed by atoms with Gasteiger partial charge in [0.05, 0.1) is 5.69 Å². The summed E-state index contributed by atoms with van der Waals surface area (Å²) < 4.78 is 4.95. The molecule has 0 spiro atoms. The number of nitrogens with one attached hydrogen (secondary N) is 1. The third-order valence-corrected chi connectivity index (χ3v) is 3.37. The fraction of sp³-hybridized carbons (Fsp3) is 0.286. The van der Waals surface area contributed by atoms with E-state index in [-0.39, 0.29) is 5.91 Å². The molecule has 0 fully saturated rings. The van der Waals surface area contributed by atoms with Gasteiger partial charge in [0.1, 0.15) is 0 Å². The number of hydrogen-bond acceptors (Lipinski definition) is 4. The first-order valence-corrected chi connectivity index (χ1v) is 6.94. The van der Waals surface area contributed by atoms with E-state index in [4.69, 9.17) is 4.52 Å². The van der Waals surface area contributed by atoms with Crippen molar-refractivity contribution >= 4 is 23.6 Å². The molecule has 0 bridgehead atoms. The molecule has 4 nitrogen and oxygen atoms in total. The largest absolute Gasteiger partial charge is 0.338 e. The number of hydrogen-bond donors (Lipinski definition) is 1. The molecular weight excluding hydrogens is 260 g/mol. The Bertz CT molecular complexity index is 561. The van der Waals surface area contributed by atoms with Crippen molar-refractivity contribution in [1.82, 2.24) is 5.16 Å². The molecule has 1 heterocycles. The zero-order chi connectivity index (χ0) is 13.8. The molecule has 100 valence electrons. The predicted molar refractivity (Wildman–Crippen MR) is 76.6 cm³/mol. The van der Waals surface area contributed by atoms with Crippen molar-refractivity contribution in [1.29, 1.82) is 0 Å². The number of carbonyl (C=O) groups excluding carboxylic acids is 1. The Kier molecular flexibility index (Phi) is 4.27. The van der Waals surface area contributed by atoms with Crippen molar-refractivity contribution in [3.63, 3.8) is 0 Å². The summed E-state index contributed by atoms with van der Waals surface area (Å²) in [6.07, 6.45) is 0. The van der Waals surface area contributed by atoms with Gasteiger partial charge < -0.3 is 4.52 Å². The molecule has 0 saturated carbocycles. The molecule has 0 atom stereocenters. The van der Waals surface area contributed by atoms with E-state index in [2.05, 4.69) is 24.3 Å². The maximum Gasteiger partial charge on any atom is 0.258 e. The highest BCUT2D eigenvalue weighted by Crippen LogP contribution is 2.23. The molecule has 1 aromatic carbocycles. The predicted octanol–water partition coefficient (Wildman–Crippen LogP) is 3.74. The number of rotatable bonds is 4. The summed E-state index contributed by atoms with van der Waals surface area (Å²) in [5.41, 5.74) is 1.33. The van der Waals surface area contributed by atoms with Gasteiger partial charge >= 0.3 is 0 Å². The molecule has 0 radical (unpaired) electrons. The highest BCUT2D eigenvalue weighted by atomic mass is 32.2. The number of benzene rings is 1. The quantitative estimate of drug-likeness (QED) is 0.864. The smallest absolute Gasteiger partial charge is 0.258 e. The Hall–Kier alpha value is -1.75. The van der Waals surface area contributed by atoms with E-state index in [1.54, 1.807) is 24.8 Å². The number of aromatic nitrogens is 1. The number of nitrogens with zero attached hydrogens (tertiary/aromatic N) is 1. The van der Waals surface area contributed by atoms with Crippen molar-refractivity contribution in [2.24, 2.45) is 0 Å². The maximum absolute atomic E-state index is 12.0. The van der Waals surface area contributed by atoms with Gasteiger partial charge in [-0.05, 0) is 31.2 Å². The summed E-state index contributed by atoms with van der Waals surface area (Å²) >= 11 is 1.77. The highest BCUT2D eigenvalue weighted by Gasteiger charge is 2.09. The first-order valence-electron chi connectivity index (χ1n) is 6.06. The van der Waals surface area contributed by atoms with Crippen LogP contribution in [0.3, 0.4) is 0 Å². The lowest BCUT2D eigenvalue weighted by atomic mass is 10.2. The van der Waals surface area contributed by atoms with Crippen molar-refractivity contribution in [3.8, 4) is 0 Å². The molecule has 0 aliphatic heterocycles. The van der Waals surface area contributed by atoms with E-state index in [0.29, 0.717) is 16.7 Å². The number of amides is 1. The molecule has 1 amide bonds. The highest BCUT2D eigenvalue weighted by molar-refractivity contribution is 7.99. The second-order valence-corrected chi connectivity index (χ2v) is 6.13. The van der Waals surface area contributed by atoms with Crippen LogP contribution in [0.1, 0.15) is 29.9 Å². The Morgan fingerprint density at radius 3 is 2.53 bits per heavy atom. The summed E-state index contributed by atoms with van der Waals surface area (Å²) in [6.45, 7) is 6.08. The fourth-order valence-electron chi connectivity index (χ4n) is 1.56. The van der Waals surface area contributed by atoms with Gasteiger partial charge in [0, 0.05) is 21.8 Å². The minimum atomic E-state index is -0.197. The first kappa shape index (κ1) is 13.7. The van der Waals surface area contributed by atoms with Gasteiger partial charge in [-0.3, -0.25) is 10.1 Å². The van der Waals surface area contributed by atoms with Crippen LogP contribution in [0, 0.1) is 6.92 Å². The molecule has 0 saturated heterocycles. The van der Waals surface area contributed by atoms with E-state index in [1.165, 1.54) is 0 Å². The molecule has 5 heteroatoms. The van der Waals surface area contributed by atoms with Gasteiger partial charge in [-0.15, -0.1) is 11.8 Å². The minimum absolute atomic E-state index is 0.197. The van der Waals surface area contributed by atoms with Crippen LogP contribution in [0.25, 0.3) is 0 Å². The number of aryl methyl sites for hydroxylation is 1. The molecule has 19 heavy (non-hydrogen) atoms. The Morgan fingerprint density at radius 2 is 2.00 bits per heavy atom. The monoisotopic (exact) mass is 276 g/mol. The molecule has 1 N–H and O–H groups in total. The van der Waals surface area contributed by atoms with Gasteiger partial charge in [0.2, 0.25) is 5.88 Å². The van der Waals surface area contributed by atoms with Crippen LogP contribution in [-0.2, 0) is 0 Å². The average molecular weight is 276 g/mol. The van der Waals surface area contributed by atoms with Gasteiger partial charge in [-0.2, -0.15) is 0 Å². The lowest BCUT2D eigenvalue weighted by molar-refractivity contribution is 0.102. The molecular formula is C14H16N2O2S. The third-order valence-electron chi connectivity index (χ3n) is 2.35. The van der Waals surface area contributed by atoms with E-state index in [0.717, 1.165) is 10.6 Å². The van der Waals surface area contributed by atoms with Crippen molar-refractivity contribution in [3.05, 3.63) is 41.6 Å². The lowest BCUT2D eigenvalue weighted by Gasteiger charge is -2.06. The fourth-order valence-corrected chi connectivity index (χ4v) is 2.40. The Labute approximate surface area is 116 Å². The molecule has 0 unspecified atom stereocenters. The molecule has 2 aromatic rings. The van der Waals surface area contributed by atoms with Gasteiger partial charge in [0.15, 0.2) is 0 Å². The molecule has 1 aromatic heterocycles. The first-order chi connectivity index (χ1) is 9.04. The number of thioether (sulfide) groups is 1. The minimum Gasteiger partial charge on any atom is -0.338 e. The number of carbonyl (C=O) groups is 1. The van der Waals surface area contributed by atoms with Crippen LogP contribution in [0.5, 0.6) is 0 Å². The Morgan fingerprint density at radius 1 is 1.32 bits per heavy atom. The summed E-state index contributed by atoms with van der Waals surface area (Å²) in [5.74, 6) is 0.167. The average Bonchev–Trinajstić information content (AvgIpc) is 2.75. The van der Waals surface area contributed by atoms with E-state index >= 15 is 0 Å². The van der Waals surface area contributed by atoms with E-state index in [1.807, 2.05) is 24.3 Å². The van der Waals surface area contributed by atoms with E-state index in [9.17, 15) is 4.79 Å². The lowest BCUT2D eigenvalue weighted by Crippen LogP contribution is -2.11. The van der Waals surface area contributed by atoms with Crippen molar-refractivity contribution in [2.45, 2.75) is 30.9 Å². The summed E-state index contributed by atoms with van der Waals surface area (Å²) in [7, 11) is 0. The van der Waals surface area contributed by atoms with Crippen molar-refractivity contribution < 1.29 is 9.32 Å². The van der Waals surface area contributed by atoms with Crippen LogP contribution in [-0.4, -0.2) is 16.3 Å². The second kappa shape index (κ2) is 5.93. The van der Waals surface area contributed by atoms with E-state index < -0.39 is 0 Å².